The Morgan fingerprint density at radius 3 is 2.38 bits per heavy atom. The second-order valence-electron chi connectivity index (χ2n) is 6.00. The van der Waals surface area contributed by atoms with Gasteiger partial charge in [-0.05, 0) is 41.8 Å². The zero-order valence-electron chi connectivity index (χ0n) is 14.1. The normalized spacial score (nSPS) is 14.8. The number of aromatic hydroxyl groups is 1. The molecule has 0 aromatic heterocycles. The first-order valence-corrected chi connectivity index (χ1v) is 9.75. The summed E-state index contributed by atoms with van der Waals surface area (Å²) in [5.41, 5.74) is 2.12. The lowest BCUT2D eigenvalue weighted by Crippen LogP contribution is -2.42. The Bertz CT molecular complexity index is 906. The number of carbonyl (C=O) groups is 1. The van der Waals surface area contributed by atoms with Crippen LogP contribution in [0.3, 0.4) is 0 Å². The Hall–Kier alpha value is -2.64. The molecule has 1 aliphatic heterocycles. The molecular formula is C19H20N2O4S. The van der Waals surface area contributed by atoms with E-state index in [2.05, 4.69) is 4.72 Å². The van der Waals surface area contributed by atoms with Crippen LogP contribution in [0.25, 0.3) is 5.57 Å². The van der Waals surface area contributed by atoms with Gasteiger partial charge in [-0.3, -0.25) is 4.79 Å². The van der Waals surface area contributed by atoms with E-state index in [4.69, 9.17) is 0 Å². The van der Waals surface area contributed by atoms with Crippen molar-refractivity contribution in [2.45, 2.75) is 11.3 Å². The van der Waals surface area contributed by atoms with Crippen molar-refractivity contribution in [3.8, 4) is 5.75 Å². The van der Waals surface area contributed by atoms with Gasteiger partial charge < -0.3 is 10.0 Å². The second kappa shape index (κ2) is 7.72. The Morgan fingerprint density at radius 1 is 1.08 bits per heavy atom. The van der Waals surface area contributed by atoms with E-state index in [0.717, 1.165) is 11.1 Å². The molecule has 2 aromatic rings. The second-order valence-corrected chi connectivity index (χ2v) is 7.77. The van der Waals surface area contributed by atoms with E-state index < -0.39 is 10.0 Å². The van der Waals surface area contributed by atoms with Crippen molar-refractivity contribution >= 4 is 21.5 Å². The van der Waals surface area contributed by atoms with Gasteiger partial charge in [0.25, 0.3) is 0 Å². The summed E-state index contributed by atoms with van der Waals surface area (Å²) in [6.45, 7) is 0.695. The number of sulfonamides is 1. The molecule has 0 saturated carbocycles. The van der Waals surface area contributed by atoms with E-state index in [1.165, 1.54) is 12.1 Å². The highest BCUT2D eigenvalue weighted by molar-refractivity contribution is 7.89. The molecule has 2 N–H and O–H groups in total. The number of carbonyl (C=O) groups excluding carboxylic acids is 1. The molecule has 1 aliphatic rings. The molecule has 1 heterocycles. The minimum Gasteiger partial charge on any atom is -0.508 e. The number of phenolic OH excluding ortho intramolecular Hbond substituents is 1. The molecule has 136 valence electrons. The van der Waals surface area contributed by atoms with Crippen LogP contribution in [0.5, 0.6) is 5.75 Å². The lowest BCUT2D eigenvalue weighted by Gasteiger charge is -2.27. The van der Waals surface area contributed by atoms with E-state index in [0.29, 0.717) is 19.5 Å². The van der Waals surface area contributed by atoms with Gasteiger partial charge in [0.05, 0.1) is 11.4 Å². The standard InChI is InChI=1S/C19H20N2O4S/c22-17-8-6-15(7-9-17)16-10-12-21(13-11-16)19(23)14-20-26(24,25)18-4-2-1-3-5-18/h1-10,20,22H,11-14H2. The van der Waals surface area contributed by atoms with Crippen molar-refractivity contribution in [1.82, 2.24) is 9.62 Å². The summed E-state index contributed by atoms with van der Waals surface area (Å²) >= 11 is 0. The highest BCUT2D eigenvalue weighted by Gasteiger charge is 2.20. The maximum Gasteiger partial charge on any atom is 0.241 e. The average Bonchev–Trinajstić information content (AvgIpc) is 2.68. The van der Waals surface area contributed by atoms with Crippen molar-refractivity contribution in [2.75, 3.05) is 19.6 Å². The predicted molar refractivity (Wildman–Crippen MR) is 98.9 cm³/mol. The van der Waals surface area contributed by atoms with Gasteiger partial charge in [-0.15, -0.1) is 0 Å². The van der Waals surface area contributed by atoms with Crippen molar-refractivity contribution in [2.24, 2.45) is 0 Å². The monoisotopic (exact) mass is 372 g/mol. The molecule has 0 fully saturated rings. The molecule has 3 rings (SSSR count). The Kier molecular flexibility index (Phi) is 5.39. The summed E-state index contributed by atoms with van der Waals surface area (Å²) in [4.78, 5) is 14.1. The van der Waals surface area contributed by atoms with Gasteiger partial charge in [0.1, 0.15) is 5.75 Å². The molecule has 0 bridgehead atoms. The maximum absolute atomic E-state index is 12.3. The molecule has 7 heteroatoms. The Morgan fingerprint density at radius 2 is 1.77 bits per heavy atom. The highest BCUT2D eigenvalue weighted by atomic mass is 32.2. The van der Waals surface area contributed by atoms with Gasteiger partial charge >= 0.3 is 0 Å². The highest BCUT2D eigenvalue weighted by Crippen LogP contribution is 2.24. The van der Waals surface area contributed by atoms with Crippen LogP contribution in [0.15, 0.2) is 65.6 Å². The number of nitrogens with zero attached hydrogens (tertiary/aromatic N) is 1. The summed E-state index contributed by atoms with van der Waals surface area (Å²) < 4.78 is 26.7. The van der Waals surface area contributed by atoms with Gasteiger partial charge in [-0.25, -0.2) is 13.1 Å². The van der Waals surface area contributed by atoms with Crippen LogP contribution in [0.1, 0.15) is 12.0 Å². The fraction of sp³-hybridized carbons (Fsp3) is 0.211. The number of benzene rings is 2. The van der Waals surface area contributed by atoms with Crippen molar-refractivity contribution in [3.05, 3.63) is 66.2 Å². The summed E-state index contributed by atoms with van der Waals surface area (Å²) in [7, 11) is -3.69. The van der Waals surface area contributed by atoms with E-state index in [-0.39, 0.29) is 23.1 Å². The van der Waals surface area contributed by atoms with Gasteiger partial charge in [-0.1, -0.05) is 36.4 Å². The van der Waals surface area contributed by atoms with Crippen LogP contribution >= 0.6 is 0 Å². The topological polar surface area (TPSA) is 86.7 Å². The zero-order chi connectivity index (χ0) is 18.6. The molecular weight excluding hydrogens is 352 g/mol. The third-order valence-electron chi connectivity index (χ3n) is 4.27. The van der Waals surface area contributed by atoms with E-state index in [1.54, 1.807) is 35.2 Å². The largest absolute Gasteiger partial charge is 0.508 e. The van der Waals surface area contributed by atoms with E-state index in [1.807, 2.05) is 18.2 Å². The summed E-state index contributed by atoms with van der Waals surface area (Å²) in [5, 5.41) is 9.35. The fourth-order valence-corrected chi connectivity index (χ4v) is 3.78. The Labute approximate surface area is 152 Å². The number of hydrogen-bond acceptors (Lipinski definition) is 4. The number of amides is 1. The van der Waals surface area contributed by atoms with Crippen LogP contribution in [-0.2, 0) is 14.8 Å². The van der Waals surface area contributed by atoms with Crippen LogP contribution < -0.4 is 4.72 Å². The van der Waals surface area contributed by atoms with Gasteiger partial charge in [0.15, 0.2) is 0 Å². The SMILES string of the molecule is O=C(CNS(=O)(=O)c1ccccc1)N1CC=C(c2ccc(O)cc2)CC1. The maximum atomic E-state index is 12.3. The van der Waals surface area contributed by atoms with Crippen LogP contribution in [0, 0.1) is 0 Å². The molecule has 0 spiro atoms. The lowest BCUT2D eigenvalue weighted by molar-refractivity contribution is -0.129. The van der Waals surface area contributed by atoms with Crippen molar-refractivity contribution in [3.63, 3.8) is 0 Å². The lowest BCUT2D eigenvalue weighted by atomic mass is 9.99. The molecule has 1 amide bonds. The van der Waals surface area contributed by atoms with Crippen molar-refractivity contribution < 1.29 is 18.3 Å². The smallest absolute Gasteiger partial charge is 0.241 e. The van der Waals surface area contributed by atoms with E-state index >= 15 is 0 Å². The molecule has 0 radical (unpaired) electrons. The summed E-state index contributed by atoms with van der Waals surface area (Å²) in [5.74, 6) is -0.0434. The van der Waals surface area contributed by atoms with Crippen LogP contribution in [0.4, 0.5) is 0 Å². The number of phenols is 1. The Balaban J connectivity index is 1.58. The zero-order valence-corrected chi connectivity index (χ0v) is 14.9. The molecule has 0 atom stereocenters. The quantitative estimate of drug-likeness (QED) is 0.840. The minimum absolute atomic E-state index is 0.140. The minimum atomic E-state index is -3.69. The van der Waals surface area contributed by atoms with Crippen LogP contribution in [-0.4, -0.2) is 44.0 Å². The van der Waals surface area contributed by atoms with Gasteiger partial charge in [-0.2, -0.15) is 0 Å². The first kappa shape index (κ1) is 18.2. The first-order valence-electron chi connectivity index (χ1n) is 8.27. The fourth-order valence-electron chi connectivity index (χ4n) is 2.78. The molecule has 6 nitrogen and oxygen atoms in total. The number of rotatable bonds is 5. The van der Waals surface area contributed by atoms with E-state index in [9.17, 15) is 18.3 Å². The number of hydrogen-bond donors (Lipinski definition) is 2. The van der Waals surface area contributed by atoms with Crippen molar-refractivity contribution in [1.29, 1.82) is 0 Å². The van der Waals surface area contributed by atoms with Crippen LogP contribution in [0.2, 0.25) is 0 Å². The van der Waals surface area contributed by atoms with Gasteiger partial charge in [0.2, 0.25) is 15.9 Å². The average molecular weight is 372 g/mol. The van der Waals surface area contributed by atoms with Gasteiger partial charge in [0, 0.05) is 13.1 Å². The number of nitrogens with one attached hydrogen (secondary N) is 1. The molecule has 0 unspecified atom stereocenters. The molecule has 0 saturated heterocycles. The first-order chi connectivity index (χ1) is 12.5. The molecule has 26 heavy (non-hydrogen) atoms. The molecule has 2 aromatic carbocycles. The third-order valence-corrected chi connectivity index (χ3v) is 5.68. The summed E-state index contributed by atoms with van der Waals surface area (Å²) in [6, 6.07) is 14.9. The molecule has 0 aliphatic carbocycles. The third kappa shape index (κ3) is 4.30. The predicted octanol–water partition coefficient (Wildman–Crippen LogP) is 1.99. The summed E-state index contributed by atoms with van der Waals surface area (Å²) in [6.07, 6.45) is 2.64.